The van der Waals surface area contributed by atoms with Crippen molar-refractivity contribution < 1.29 is 22.7 Å². The second-order valence-electron chi connectivity index (χ2n) is 4.06. The number of nitrogens with one attached hydrogen (secondary N) is 1. The standard InChI is InChI=1S/C11H16F3N3O2/c1-7-8(2)17(10(16-7)19-3)9(18)15-6-4-5-11(12,13)14/h4-6H2,1-3H3,(H,15,18). The van der Waals surface area contributed by atoms with Crippen LogP contribution in [0.15, 0.2) is 0 Å². The highest BCUT2D eigenvalue weighted by Gasteiger charge is 2.26. The molecule has 1 aromatic heterocycles. The van der Waals surface area contributed by atoms with E-state index in [1.54, 1.807) is 13.8 Å². The Labute approximate surface area is 108 Å². The molecule has 0 aliphatic heterocycles. The van der Waals surface area contributed by atoms with Gasteiger partial charge in [-0.1, -0.05) is 0 Å². The average Bonchev–Trinajstić information content (AvgIpc) is 2.59. The number of aromatic nitrogens is 2. The lowest BCUT2D eigenvalue weighted by atomic mass is 10.3. The Bertz CT molecular complexity index is 455. The first-order valence-corrected chi connectivity index (χ1v) is 5.71. The Morgan fingerprint density at radius 2 is 2.05 bits per heavy atom. The van der Waals surface area contributed by atoms with E-state index in [2.05, 4.69) is 10.3 Å². The first kappa shape index (κ1) is 15.3. The molecule has 0 aromatic carbocycles. The largest absolute Gasteiger partial charge is 0.468 e. The molecule has 5 nitrogen and oxygen atoms in total. The number of aryl methyl sites for hydroxylation is 1. The van der Waals surface area contributed by atoms with Crippen LogP contribution in [0.2, 0.25) is 0 Å². The Morgan fingerprint density at radius 3 is 2.58 bits per heavy atom. The molecule has 8 heteroatoms. The van der Waals surface area contributed by atoms with Crippen LogP contribution in [0.1, 0.15) is 24.2 Å². The molecule has 0 spiro atoms. The van der Waals surface area contributed by atoms with E-state index in [9.17, 15) is 18.0 Å². The van der Waals surface area contributed by atoms with E-state index in [0.717, 1.165) is 0 Å². The second kappa shape index (κ2) is 5.94. The van der Waals surface area contributed by atoms with E-state index >= 15 is 0 Å². The number of hydrogen-bond acceptors (Lipinski definition) is 3. The minimum Gasteiger partial charge on any atom is -0.468 e. The number of amides is 1. The molecule has 0 aliphatic carbocycles. The number of ether oxygens (including phenoxy) is 1. The summed E-state index contributed by atoms with van der Waals surface area (Å²) in [6.45, 7) is 3.34. The molecule has 0 radical (unpaired) electrons. The zero-order valence-electron chi connectivity index (χ0n) is 11.0. The molecule has 0 saturated heterocycles. The first-order valence-electron chi connectivity index (χ1n) is 5.71. The van der Waals surface area contributed by atoms with Gasteiger partial charge in [0.05, 0.1) is 18.5 Å². The fourth-order valence-corrected chi connectivity index (χ4v) is 1.52. The van der Waals surface area contributed by atoms with Crippen LogP contribution >= 0.6 is 0 Å². The van der Waals surface area contributed by atoms with Crippen molar-refractivity contribution in [2.24, 2.45) is 0 Å². The lowest BCUT2D eigenvalue weighted by molar-refractivity contribution is -0.135. The van der Waals surface area contributed by atoms with Gasteiger partial charge >= 0.3 is 18.2 Å². The zero-order chi connectivity index (χ0) is 14.6. The number of carbonyl (C=O) groups excluding carboxylic acids is 1. The summed E-state index contributed by atoms with van der Waals surface area (Å²) in [7, 11) is 1.37. The lowest BCUT2D eigenvalue weighted by Gasteiger charge is -2.10. The number of rotatable bonds is 4. The quantitative estimate of drug-likeness (QED) is 0.861. The summed E-state index contributed by atoms with van der Waals surface area (Å²) in [6, 6.07) is -0.430. The third-order valence-corrected chi connectivity index (χ3v) is 2.61. The average molecular weight is 279 g/mol. The Balaban J connectivity index is 2.59. The van der Waals surface area contributed by atoms with Crippen LogP contribution in [0.25, 0.3) is 0 Å². The maximum absolute atomic E-state index is 11.9. The molecule has 1 N–H and O–H groups in total. The van der Waals surface area contributed by atoms with E-state index in [4.69, 9.17) is 4.74 Å². The van der Waals surface area contributed by atoms with E-state index in [1.807, 2.05) is 0 Å². The van der Waals surface area contributed by atoms with E-state index in [1.165, 1.54) is 11.7 Å². The van der Waals surface area contributed by atoms with Crippen molar-refractivity contribution in [1.82, 2.24) is 14.9 Å². The Morgan fingerprint density at radius 1 is 1.42 bits per heavy atom. The van der Waals surface area contributed by atoms with Crippen molar-refractivity contribution in [3.8, 4) is 6.01 Å². The van der Waals surface area contributed by atoms with E-state index in [-0.39, 0.29) is 19.0 Å². The lowest BCUT2D eigenvalue weighted by Crippen LogP contribution is -2.31. The molecule has 0 aliphatic rings. The maximum Gasteiger partial charge on any atom is 0.389 e. The highest BCUT2D eigenvalue weighted by molar-refractivity contribution is 5.79. The Kier molecular flexibility index (Phi) is 4.79. The normalized spacial score (nSPS) is 11.5. The van der Waals surface area contributed by atoms with Gasteiger partial charge < -0.3 is 10.1 Å². The van der Waals surface area contributed by atoms with Crippen molar-refractivity contribution in [2.75, 3.05) is 13.7 Å². The summed E-state index contributed by atoms with van der Waals surface area (Å²) in [6.07, 6.45) is -5.29. The van der Waals surface area contributed by atoms with Crippen molar-refractivity contribution in [3.05, 3.63) is 11.4 Å². The SMILES string of the molecule is COc1nc(C)c(C)n1C(=O)NCCCC(F)(F)F. The van der Waals surface area contributed by atoms with Crippen LogP contribution in [-0.2, 0) is 0 Å². The first-order chi connectivity index (χ1) is 8.76. The topological polar surface area (TPSA) is 56.2 Å². The summed E-state index contributed by atoms with van der Waals surface area (Å²) < 4.78 is 42.0. The van der Waals surface area contributed by atoms with E-state index in [0.29, 0.717) is 11.4 Å². The van der Waals surface area contributed by atoms with Crippen LogP contribution in [0.3, 0.4) is 0 Å². The molecular weight excluding hydrogens is 263 g/mol. The molecule has 1 aromatic rings. The molecule has 1 amide bonds. The number of halogens is 3. The third-order valence-electron chi connectivity index (χ3n) is 2.61. The minimum atomic E-state index is -4.20. The molecule has 1 heterocycles. The van der Waals surface area contributed by atoms with Crippen molar-refractivity contribution in [1.29, 1.82) is 0 Å². The number of imidazole rings is 1. The minimum absolute atomic E-state index is 0.0574. The second-order valence-corrected chi connectivity index (χ2v) is 4.06. The smallest absolute Gasteiger partial charge is 0.389 e. The number of carbonyl (C=O) groups is 1. The highest BCUT2D eigenvalue weighted by atomic mass is 19.4. The van der Waals surface area contributed by atoms with Crippen LogP contribution in [-0.4, -0.2) is 35.4 Å². The van der Waals surface area contributed by atoms with Crippen molar-refractivity contribution in [2.45, 2.75) is 32.9 Å². The summed E-state index contributed by atoms with van der Waals surface area (Å²) in [5, 5.41) is 2.40. The third kappa shape index (κ3) is 4.15. The number of nitrogens with zero attached hydrogens (tertiary/aromatic N) is 2. The number of methoxy groups -OCH3 is 1. The molecule has 0 fully saturated rings. The van der Waals surface area contributed by atoms with Gasteiger partial charge in [-0.05, 0) is 20.3 Å². The van der Waals surface area contributed by atoms with Gasteiger partial charge in [0.25, 0.3) is 0 Å². The van der Waals surface area contributed by atoms with Crippen LogP contribution < -0.4 is 10.1 Å². The van der Waals surface area contributed by atoms with Gasteiger partial charge in [-0.25, -0.2) is 9.36 Å². The number of alkyl halides is 3. The van der Waals surface area contributed by atoms with Crippen LogP contribution in [0, 0.1) is 13.8 Å². The Hall–Kier alpha value is -1.73. The van der Waals surface area contributed by atoms with Crippen molar-refractivity contribution >= 4 is 6.03 Å². The summed E-state index contributed by atoms with van der Waals surface area (Å²) in [4.78, 5) is 15.9. The van der Waals surface area contributed by atoms with Crippen LogP contribution in [0.5, 0.6) is 6.01 Å². The monoisotopic (exact) mass is 279 g/mol. The molecule has 0 saturated carbocycles. The van der Waals surface area contributed by atoms with Gasteiger partial charge in [-0.15, -0.1) is 0 Å². The zero-order valence-corrected chi connectivity index (χ0v) is 11.0. The van der Waals surface area contributed by atoms with Gasteiger partial charge in [-0.3, -0.25) is 0 Å². The van der Waals surface area contributed by atoms with Gasteiger partial charge in [0.1, 0.15) is 0 Å². The predicted molar refractivity (Wildman–Crippen MR) is 62.3 cm³/mol. The fraction of sp³-hybridized carbons (Fsp3) is 0.636. The van der Waals surface area contributed by atoms with Gasteiger partial charge in [0, 0.05) is 13.0 Å². The van der Waals surface area contributed by atoms with E-state index < -0.39 is 18.6 Å². The molecular formula is C11H16F3N3O2. The molecule has 19 heavy (non-hydrogen) atoms. The molecule has 0 unspecified atom stereocenters. The fourth-order valence-electron chi connectivity index (χ4n) is 1.52. The molecule has 108 valence electrons. The molecule has 0 bridgehead atoms. The number of hydrogen-bond donors (Lipinski definition) is 1. The van der Waals surface area contributed by atoms with Gasteiger partial charge in [0.2, 0.25) is 0 Å². The molecule has 1 rings (SSSR count). The maximum atomic E-state index is 11.9. The van der Waals surface area contributed by atoms with Gasteiger partial charge in [-0.2, -0.15) is 18.2 Å². The van der Waals surface area contributed by atoms with Gasteiger partial charge in [0.15, 0.2) is 0 Å². The van der Waals surface area contributed by atoms with Crippen LogP contribution in [0.4, 0.5) is 18.0 Å². The summed E-state index contributed by atoms with van der Waals surface area (Å²) in [5.74, 6) is 0. The summed E-state index contributed by atoms with van der Waals surface area (Å²) in [5.41, 5.74) is 1.22. The highest BCUT2D eigenvalue weighted by Crippen LogP contribution is 2.21. The molecule has 0 atom stereocenters. The van der Waals surface area contributed by atoms with Crippen molar-refractivity contribution in [3.63, 3.8) is 0 Å². The summed E-state index contributed by atoms with van der Waals surface area (Å²) >= 11 is 0. The predicted octanol–water partition coefficient (Wildman–Crippen LogP) is 2.41.